The zero-order chi connectivity index (χ0) is 21.8. The van der Waals surface area contributed by atoms with Gasteiger partial charge in [-0.2, -0.15) is 8.78 Å². The highest BCUT2D eigenvalue weighted by molar-refractivity contribution is 5.80. The lowest BCUT2D eigenvalue weighted by Gasteiger charge is -2.25. The Bertz CT molecular complexity index is 970. The smallest absolute Gasteiger partial charge is 0.387 e. The number of alkyl halides is 2. The Labute approximate surface area is 179 Å². The lowest BCUT2D eigenvalue weighted by atomic mass is 9.96. The molecule has 1 heterocycles. The van der Waals surface area contributed by atoms with Gasteiger partial charge in [-0.05, 0) is 37.0 Å². The molecule has 0 amide bonds. The van der Waals surface area contributed by atoms with Crippen LogP contribution in [0.15, 0.2) is 41.4 Å². The van der Waals surface area contributed by atoms with E-state index in [1.807, 2.05) is 31.2 Å². The number of benzene rings is 2. The first-order valence-electron chi connectivity index (χ1n) is 10.2. The number of hydrogen-bond donors (Lipinski definition) is 3. The first-order chi connectivity index (χ1) is 15.0. The van der Waals surface area contributed by atoms with Crippen LogP contribution < -0.4 is 24.8 Å². The third-order valence-electron chi connectivity index (χ3n) is 5.40. The fourth-order valence-corrected chi connectivity index (χ4v) is 3.88. The van der Waals surface area contributed by atoms with Crippen molar-refractivity contribution in [3.8, 4) is 17.2 Å². The molecule has 2 aliphatic rings. The van der Waals surface area contributed by atoms with Gasteiger partial charge in [-0.25, -0.2) is 4.99 Å². The molecular weight excluding hydrogens is 408 g/mol. The number of aliphatic imine (C=N–C) groups is 1. The van der Waals surface area contributed by atoms with Gasteiger partial charge < -0.3 is 30.0 Å². The van der Waals surface area contributed by atoms with E-state index in [0.29, 0.717) is 36.0 Å². The number of rotatable bonds is 7. The summed E-state index contributed by atoms with van der Waals surface area (Å²) >= 11 is 0. The fraction of sp³-hybridized carbons (Fsp3) is 0.409. The summed E-state index contributed by atoms with van der Waals surface area (Å²) in [7, 11) is 0. The van der Waals surface area contributed by atoms with Gasteiger partial charge in [0, 0.05) is 18.2 Å². The number of ether oxygens (including phenoxy) is 3. The molecule has 2 aromatic rings. The minimum absolute atomic E-state index is 0.0119. The SMILES string of the molecule is CCNC(=NCc1cc2c(cc1OC(F)F)OCO2)NCC1(O)CCc2ccccc21. The molecule has 1 atom stereocenters. The maximum Gasteiger partial charge on any atom is 0.387 e. The molecule has 4 rings (SSSR count). The van der Waals surface area contributed by atoms with E-state index >= 15 is 0 Å². The molecule has 0 spiro atoms. The molecule has 0 fully saturated rings. The average Bonchev–Trinajstić information content (AvgIpc) is 3.34. The highest BCUT2D eigenvalue weighted by Crippen LogP contribution is 2.39. The summed E-state index contributed by atoms with van der Waals surface area (Å²) in [6.45, 7) is -0.0718. The Balaban J connectivity index is 1.50. The number of guanidine groups is 1. The molecule has 1 aliphatic heterocycles. The molecule has 2 aromatic carbocycles. The number of aryl methyl sites for hydroxylation is 1. The fourth-order valence-electron chi connectivity index (χ4n) is 3.88. The summed E-state index contributed by atoms with van der Waals surface area (Å²) in [6.07, 6.45) is 1.43. The summed E-state index contributed by atoms with van der Waals surface area (Å²) in [6, 6.07) is 10.8. The number of aliphatic hydroxyl groups is 1. The molecule has 166 valence electrons. The van der Waals surface area contributed by atoms with Crippen molar-refractivity contribution in [1.29, 1.82) is 0 Å². The zero-order valence-electron chi connectivity index (χ0n) is 17.2. The Kier molecular flexibility index (Phi) is 6.13. The minimum atomic E-state index is -2.97. The summed E-state index contributed by atoms with van der Waals surface area (Å²) in [5.41, 5.74) is 1.51. The molecule has 7 nitrogen and oxygen atoms in total. The van der Waals surface area contributed by atoms with E-state index in [-0.39, 0.29) is 25.6 Å². The largest absolute Gasteiger partial charge is 0.454 e. The van der Waals surface area contributed by atoms with Gasteiger partial charge in [-0.1, -0.05) is 24.3 Å². The molecule has 9 heteroatoms. The first-order valence-corrected chi connectivity index (χ1v) is 10.2. The van der Waals surface area contributed by atoms with E-state index in [9.17, 15) is 13.9 Å². The van der Waals surface area contributed by atoms with Crippen molar-refractivity contribution in [2.45, 2.75) is 38.5 Å². The molecule has 0 radical (unpaired) electrons. The average molecular weight is 433 g/mol. The topological polar surface area (TPSA) is 84.3 Å². The van der Waals surface area contributed by atoms with Gasteiger partial charge in [0.05, 0.1) is 13.1 Å². The number of halogens is 2. The third kappa shape index (κ3) is 4.66. The van der Waals surface area contributed by atoms with Crippen LogP contribution in [0.25, 0.3) is 0 Å². The monoisotopic (exact) mass is 433 g/mol. The van der Waals surface area contributed by atoms with E-state index in [4.69, 9.17) is 9.47 Å². The Hall–Kier alpha value is -3.07. The highest BCUT2D eigenvalue weighted by Gasteiger charge is 2.36. The molecule has 31 heavy (non-hydrogen) atoms. The zero-order valence-corrected chi connectivity index (χ0v) is 17.2. The number of nitrogens with one attached hydrogen (secondary N) is 2. The van der Waals surface area contributed by atoms with Crippen LogP contribution in [0.4, 0.5) is 8.78 Å². The molecule has 0 saturated carbocycles. The molecular formula is C22H25F2N3O4. The van der Waals surface area contributed by atoms with Crippen LogP contribution >= 0.6 is 0 Å². The second-order valence-corrected chi connectivity index (χ2v) is 7.43. The number of nitrogens with zero attached hydrogens (tertiary/aromatic N) is 1. The van der Waals surface area contributed by atoms with Gasteiger partial charge in [0.25, 0.3) is 0 Å². The van der Waals surface area contributed by atoms with E-state index in [2.05, 4.69) is 20.4 Å². The van der Waals surface area contributed by atoms with Crippen molar-refractivity contribution in [2.75, 3.05) is 19.9 Å². The summed E-state index contributed by atoms with van der Waals surface area (Å²) < 4.78 is 40.9. The predicted molar refractivity (Wildman–Crippen MR) is 111 cm³/mol. The standard InChI is InChI=1S/C22H25F2N3O4/c1-2-25-21(27-12-22(28)8-7-14-5-3-4-6-16(14)22)26-11-15-9-18-19(30-13-29-18)10-17(15)31-20(23)24/h3-6,9-10,20,28H,2,7-8,11-13H2,1H3,(H2,25,26,27). The molecule has 0 saturated heterocycles. The summed E-state index contributed by atoms with van der Waals surface area (Å²) in [5, 5.41) is 17.4. The Morgan fingerprint density at radius 3 is 2.77 bits per heavy atom. The molecule has 3 N–H and O–H groups in total. The normalized spacial score (nSPS) is 19.5. The lowest BCUT2D eigenvalue weighted by molar-refractivity contribution is -0.0505. The van der Waals surface area contributed by atoms with Gasteiger partial charge in [0.1, 0.15) is 11.4 Å². The molecule has 0 bridgehead atoms. The van der Waals surface area contributed by atoms with Crippen LogP contribution in [-0.2, 0) is 18.6 Å². The maximum absolute atomic E-state index is 12.8. The second-order valence-electron chi connectivity index (χ2n) is 7.43. The van der Waals surface area contributed by atoms with Crippen LogP contribution in [0.2, 0.25) is 0 Å². The highest BCUT2D eigenvalue weighted by atomic mass is 19.3. The second kappa shape index (κ2) is 8.97. The van der Waals surface area contributed by atoms with Gasteiger partial charge >= 0.3 is 6.61 Å². The van der Waals surface area contributed by atoms with E-state index in [1.54, 1.807) is 6.07 Å². The minimum Gasteiger partial charge on any atom is -0.454 e. The van der Waals surface area contributed by atoms with Crippen LogP contribution in [0.1, 0.15) is 30.0 Å². The van der Waals surface area contributed by atoms with Gasteiger partial charge in [0.15, 0.2) is 17.5 Å². The third-order valence-corrected chi connectivity index (χ3v) is 5.40. The maximum atomic E-state index is 12.8. The van der Waals surface area contributed by atoms with Crippen molar-refractivity contribution in [1.82, 2.24) is 10.6 Å². The predicted octanol–water partition coefficient (Wildman–Crippen LogP) is 2.91. The van der Waals surface area contributed by atoms with E-state index < -0.39 is 12.2 Å². The van der Waals surface area contributed by atoms with Crippen molar-refractivity contribution >= 4 is 5.96 Å². The lowest BCUT2D eigenvalue weighted by Crippen LogP contribution is -2.45. The van der Waals surface area contributed by atoms with Crippen LogP contribution in [0.3, 0.4) is 0 Å². The molecule has 0 aromatic heterocycles. The summed E-state index contributed by atoms with van der Waals surface area (Å²) in [5.74, 6) is 1.26. The van der Waals surface area contributed by atoms with Gasteiger partial charge in [-0.3, -0.25) is 0 Å². The van der Waals surface area contributed by atoms with E-state index in [1.165, 1.54) is 6.07 Å². The number of hydrogen-bond acceptors (Lipinski definition) is 5. The quantitative estimate of drug-likeness (QED) is 0.460. The Morgan fingerprint density at radius 1 is 1.23 bits per heavy atom. The molecule has 1 aliphatic carbocycles. The van der Waals surface area contributed by atoms with Crippen molar-refractivity contribution in [2.24, 2.45) is 4.99 Å². The van der Waals surface area contributed by atoms with Crippen molar-refractivity contribution in [3.63, 3.8) is 0 Å². The number of fused-ring (bicyclic) bond motifs is 2. The van der Waals surface area contributed by atoms with Gasteiger partial charge in [-0.15, -0.1) is 0 Å². The van der Waals surface area contributed by atoms with Crippen LogP contribution in [0, 0.1) is 0 Å². The van der Waals surface area contributed by atoms with E-state index in [0.717, 1.165) is 17.5 Å². The Morgan fingerprint density at radius 2 is 2.00 bits per heavy atom. The van der Waals surface area contributed by atoms with Crippen LogP contribution in [0.5, 0.6) is 17.2 Å². The summed E-state index contributed by atoms with van der Waals surface area (Å²) in [4.78, 5) is 4.49. The first kappa shape index (κ1) is 21.2. The van der Waals surface area contributed by atoms with Crippen LogP contribution in [-0.4, -0.2) is 37.6 Å². The van der Waals surface area contributed by atoms with Crippen molar-refractivity contribution in [3.05, 3.63) is 53.1 Å². The van der Waals surface area contributed by atoms with Crippen molar-refractivity contribution < 1.29 is 28.1 Å². The van der Waals surface area contributed by atoms with Gasteiger partial charge in [0.2, 0.25) is 6.79 Å². The molecule has 1 unspecified atom stereocenters.